The van der Waals surface area contributed by atoms with Gasteiger partial charge in [0.15, 0.2) is 0 Å². The van der Waals surface area contributed by atoms with Crippen LogP contribution in [0.3, 0.4) is 0 Å². The van der Waals surface area contributed by atoms with E-state index in [1.54, 1.807) is 7.11 Å². The maximum atomic E-state index is 5.92. The molecule has 3 aromatic carbocycles. The standard InChI is InChI=1S/C28H34N2O2/c1-31-27-14-12-24(13-15-27)16-22-32-23-21-29-17-19-30(20-18-29)28(25-8-4-2-5-9-25)26-10-6-3-7-11-26/h2-15,28H,16-23H2,1H3. The first-order valence-corrected chi connectivity index (χ1v) is 11.6. The van der Waals surface area contributed by atoms with Gasteiger partial charge in [0, 0.05) is 32.7 Å². The van der Waals surface area contributed by atoms with Gasteiger partial charge in [-0.05, 0) is 35.2 Å². The number of ether oxygens (including phenoxy) is 2. The summed E-state index contributed by atoms with van der Waals surface area (Å²) in [5.74, 6) is 0.899. The van der Waals surface area contributed by atoms with E-state index in [1.807, 2.05) is 12.1 Å². The molecule has 0 unspecified atom stereocenters. The van der Waals surface area contributed by atoms with E-state index in [0.29, 0.717) is 6.04 Å². The molecule has 0 aliphatic carbocycles. The number of piperazine rings is 1. The van der Waals surface area contributed by atoms with Crippen molar-refractivity contribution in [3.63, 3.8) is 0 Å². The van der Waals surface area contributed by atoms with Gasteiger partial charge in [0.2, 0.25) is 0 Å². The van der Waals surface area contributed by atoms with Crippen LogP contribution < -0.4 is 4.74 Å². The van der Waals surface area contributed by atoms with Crippen molar-refractivity contribution in [1.29, 1.82) is 0 Å². The van der Waals surface area contributed by atoms with Gasteiger partial charge in [-0.3, -0.25) is 9.80 Å². The predicted molar refractivity (Wildman–Crippen MR) is 130 cm³/mol. The largest absolute Gasteiger partial charge is 0.497 e. The van der Waals surface area contributed by atoms with Crippen LogP contribution in [0.25, 0.3) is 0 Å². The van der Waals surface area contributed by atoms with Crippen molar-refractivity contribution in [2.24, 2.45) is 0 Å². The quantitative estimate of drug-likeness (QED) is 0.437. The van der Waals surface area contributed by atoms with Crippen molar-refractivity contribution in [3.05, 3.63) is 102 Å². The van der Waals surface area contributed by atoms with Crippen molar-refractivity contribution in [1.82, 2.24) is 9.80 Å². The lowest BCUT2D eigenvalue weighted by Crippen LogP contribution is -2.48. The van der Waals surface area contributed by atoms with E-state index in [-0.39, 0.29) is 0 Å². The van der Waals surface area contributed by atoms with E-state index in [4.69, 9.17) is 9.47 Å². The first-order chi connectivity index (χ1) is 15.8. The van der Waals surface area contributed by atoms with E-state index >= 15 is 0 Å². The molecular formula is C28H34N2O2. The third-order valence-corrected chi connectivity index (χ3v) is 6.25. The van der Waals surface area contributed by atoms with Crippen molar-refractivity contribution < 1.29 is 9.47 Å². The van der Waals surface area contributed by atoms with Crippen LogP contribution in [0.5, 0.6) is 5.75 Å². The van der Waals surface area contributed by atoms with Gasteiger partial charge in [-0.15, -0.1) is 0 Å². The second kappa shape index (κ2) is 11.8. The van der Waals surface area contributed by atoms with E-state index in [9.17, 15) is 0 Å². The van der Waals surface area contributed by atoms with Crippen molar-refractivity contribution >= 4 is 0 Å². The normalized spacial score (nSPS) is 15.2. The molecule has 0 radical (unpaired) electrons. The van der Waals surface area contributed by atoms with Gasteiger partial charge < -0.3 is 9.47 Å². The highest BCUT2D eigenvalue weighted by molar-refractivity contribution is 5.32. The van der Waals surface area contributed by atoms with E-state index in [2.05, 4.69) is 82.6 Å². The lowest BCUT2D eigenvalue weighted by Gasteiger charge is -2.39. The number of rotatable bonds is 10. The van der Waals surface area contributed by atoms with Crippen LogP contribution in [0.1, 0.15) is 22.7 Å². The summed E-state index contributed by atoms with van der Waals surface area (Å²) in [5, 5.41) is 0. The summed E-state index contributed by atoms with van der Waals surface area (Å²) in [6.45, 7) is 6.85. The lowest BCUT2D eigenvalue weighted by molar-refractivity contribution is 0.0677. The maximum absolute atomic E-state index is 5.92. The summed E-state index contributed by atoms with van der Waals surface area (Å²) < 4.78 is 11.1. The first kappa shape index (κ1) is 22.5. The number of hydrogen-bond donors (Lipinski definition) is 0. The molecule has 1 aliphatic heterocycles. The van der Waals surface area contributed by atoms with Crippen LogP contribution in [0.4, 0.5) is 0 Å². The Labute approximate surface area is 192 Å². The fourth-order valence-electron chi connectivity index (χ4n) is 4.41. The molecule has 32 heavy (non-hydrogen) atoms. The zero-order chi connectivity index (χ0) is 22.0. The summed E-state index contributed by atoms with van der Waals surface area (Å²) in [6, 6.07) is 30.3. The molecule has 1 saturated heterocycles. The Balaban J connectivity index is 1.22. The number of nitrogens with zero attached hydrogens (tertiary/aromatic N) is 2. The second-order valence-electron chi connectivity index (χ2n) is 8.31. The SMILES string of the molecule is COc1ccc(CCOCCN2CCN(C(c3ccccc3)c3ccccc3)CC2)cc1. The molecule has 0 aromatic heterocycles. The monoisotopic (exact) mass is 430 g/mol. The topological polar surface area (TPSA) is 24.9 Å². The van der Waals surface area contributed by atoms with Gasteiger partial charge in [-0.25, -0.2) is 0 Å². The molecular weight excluding hydrogens is 396 g/mol. The van der Waals surface area contributed by atoms with Crippen LogP contribution in [-0.2, 0) is 11.2 Å². The van der Waals surface area contributed by atoms with Gasteiger partial charge in [-0.1, -0.05) is 72.8 Å². The molecule has 4 rings (SSSR count). The predicted octanol–water partition coefficient (Wildman–Crippen LogP) is 4.66. The Morgan fingerprint density at radius 1 is 0.719 bits per heavy atom. The summed E-state index contributed by atoms with van der Waals surface area (Å²) in [5.41, 5.74) is 4.02. The Kier molecular flexibility index (Phi) is 8.32. The summed E-state index contributed by atoms with van der Waals surface area (Å²) in [4.78, 5) is 5.14. The first-order valence-electron chi connectivity index (χ1n) is 11.6. The van der Waals surface area contributed by atoms with Crippen LogP contribution in [0.15, 0.2) is 84.9 Å². The fourth-order valence-corrected chi connectivity index (χ4v) is 4.41. The molecule has 1 aliphatic rings. The van der Waals surface area contributed by atoms with Crippen LogP contribution in [-0.4, -0.2) is 62.8 Å². The molecule has 4 nitrogen and oxygen atoms in total. The highest BCUT2D eigenvalue weighted by atomic mass is 16.5. The van der Waals surface area contributed by atoms with Crippen LogP contribution in [0.2, 0.25) is 0 Å². The van der Waals surface area contributed by atoms with Gasteiger partial charge in [0.25, 0.3) is 0 Å². The molecule has 4 heteroatoms. The van der Waals surface area contributed by atoms with Gasteiger partial charge in [0.05, 0.1) is 26.4 Å². The summed E-state index contributed by atoms with van der Waals surface area (Å²) in [6.07, 6.45) is 0.938. The highest BCUT2D eigenvalue weighted by Crippen LogP contribution is 2.29. The molecule has 1 fully saturated rings. The fraction of sp³-hybridized carbons (Fsp3) is 0.357. The smallest absolute Gasteiger partial charge is 0.118 e. The Hall–Kier alpha value is -2.66. The Morgan fingerprint density at radius 2 is 1.31 bits per heavy atom. The molecule has 0 bridgehead atoms. The molecule has 0 spiro atoms. The summed E-state index contributed by atoms with van der Waals surface area (Å²) >= 11 is 0. The molecule has 3 aromatic rings. The van der Waals surface area contributed by atoms with Crippen molar-refractivity contribution in [2.45, 2.75) is 12.5 Å². The molecule has 0 N–H and O–H groups in total. The minimum absolute atomic E-state index is 0.320. The Morgan fingerprint density at radius 3 is 1.88 bits per heavy atom. The van der Waals surface area contributed by atoms with Crippen LogP contribution in [0, 0.1) is 0 Å². The number of hydrogen-bond acceptors (Lipinski definition) is 4. The minimum Gasteiger partial charge on any atom is -0.497 e. The Bertz CT molecular complexity index is 868. The van der Waals surface area contributed by atoms with Gasteiger partial charge in [-0.2, -0.15) is 0 Å². The third-order valence-electron chi connectivity index (χ3n) is 6.25. The zero-order valence-electron chi connectivity index (χ0n) is 19.0. The highest BCUT2D eigenvalue weighted by Gasteiger charge is 2.26. The maximum Gasteiger partial charge on any atom is 0.118 e. The molecule has 0 atom stereocenters. The molecule has 1 heterocycles. The molecule has 168 valence electrons. The minimum atomic E-state index is 0.320. The molecule has 0 amide bonds. The molecule has 0 saturated carbocycles. The zero-order valence-corrected chi connectivity index (χ0v) is 19.0. The summed E-state index contributed by atoms with van der Waals surface area (Å²) in [7, 11) is 1.70. The second-order valence-corrected chi connectivity index (χ2v) is 8.31. The van der Waals surface area contributed by atoms with E-state index in [1.165, 1.54) is 16.7 Å². The third kappa shape index (κ3) is 6.19. The van der Waals surface area contributed by atoms with E-state index in [0.717, 1.165) is 58.1 Å². The average molecular weight is 431 g/mol. The van der Waals surface area contributed by atoms with E-state index < -0.39 is 0 Å². The number of methoxy groups -OCH3 is 1. The van der Waals surface area contributed by atoms with Crippen molar-refractivity contribution in [3.8, 4) is 5.75 Å². The average Bonchev–Trinajstić information content (AvgIpc) is 2.87. The lowest BCUT2D eigenvalue weighted by atomic mass is 9.96. The number of benzene rings is 3. The van der Waals surface area contributed by atoms with Gasteiger partial charge >= 0.3 is 0 Å². The van der Waals surface area contributed by atoms with Gasteiger partial charge in [0.1, 0.15) is 5.75 Å². The van der Waals surface area contributed by atoms with Crippen molar-refractivity contribution in [2.75, 3.05) is 53.0 Å². The van der Waals surface area contributed by atoms with Crippen LogP contribution >= 0.6 is 0 Å².